The highest BCUT2D eigenvalue weighted by Gasteiger charge is 2.21. The number of aliphatic hydroxyl groups excluding tert-OH is 1. The highest BCUT2D eigenvalue weighted by atomic mass is 32.1. The van der Waals surface area contributed by atoms with Crippen LogP contribution in [0.4, 0.5) is 0 Å². The van der Waals surface area contributed by atoms with Gasteiger partial charge >= 0.3 is 0 Å². The second kappa shape index (κ2) is 4.84. The summed E-state index contributed by atoms with van der Waals surface area (Å²) in [6.45, 7) is 2.80. The van der Waals surface area contributed by atoms with Crippen molar-refractivity contribution in [3.05, 3.63) is 29.1 Å². The van der Waals surface area contributed by atoms with Crippen LogP contribution in [0.15, 0.2) is 28.7 Å². The molecule has 0 saturated carbocycles. The van der Waals surface area contributed by atoms with E-state index < -0.39 is 0 Å². The number of benzene rings is 1. The van der Waals surface area contributed by atoms with Crippen LogP contribution < -0.4 is 4.90 Å². The maximum atomic E-state index is 9.52. The summed E-state index contributed by atoms with van der Waals surface area (Å²) in [6.07, 6.45) is 1.62. The van der Waals surface area contributed by atoms with Crippen LogP contribution >= 0.6 is 12.2 Å². The van der Waals surface area contributed by atoms with E-state index in [1.54, 1.807) is 0 Å². The second-order valence-corrected chi connectivity index (χ2v) is 5.25. The van der Waals surface area contributed by atoms with E-state index in [1.165, 1.54) is 4.90 Å². The van der Waals surface area contributed by atoms with Crippen LogP contribution in [0.5, 0.6) is 0 Å². The summed E-state index contributed by atoms with van der Waals surface area (Å²) in [5.74, 6) is 0. The highest BCUT2D eigenvalue weighted by Crippen LogP contribution is 2.15. The average Bonchev–Trinajstić information content (AvgIpc) is 2.69. The number of piperidine rings is 1. The molecule has 1 saturated heterocycles. The normalized spacial score (nSPS) is 24.5. The second-order valence-electron chi connectivity index (χ2n) is 4.90. The van der Waals surface area contributed by atoms with Gasteiger partial charge in [-0.05, 0) is 24.4 Å². The number of aromatic nitrogens is 1. The molecule has 0 unspecified atom stereocenters. The van der Waals surface area contributed by atoms with Crippen LogP contribution in [-0.2, 0) is 6.67 Å². The maximum absolute atomic E-state index is 9.52. The Hall–Kier alpha value is -1.17. The van der Waals surface area contributed by atoms with Crippen molar-refractivity contribution < 1.29 is 14.4 Å². The molecule has 4 nitrogen and oxygen atoms in total. The molecule has 2 N–H and O–H groups in total. The van der Waals surface area contributed by atoms with Gasteiger partial charge in [0.05, 0.1) is 24.7 Å². The summed E-state index contributed by atoms with van der Waals surface area (Å²) >= 11 is 5.28. The molecule has 1 aliphatic rings. The number of quaternary nitrogens is 1. The van der Waals surface area contributed by atoms with Gasteiger partial charge in [0.15, 0.2) is 12.3 Å². The number of aliphatic hydroxyl groups is 1. The number of likely N-dealkylation sites (tertiary alicyclic amines) is 1. The first-order valence-electron chi connectivity index (χ1n) is 6.34. The Morgan fingerprint density at radius 3 is 2.83 bits per heavy atom. The first-order valence-corrected chi connectivity index (χ1v) is 6.75. The van der Waals surface area contributed by atoms with Crippen molar-refractivity contribution in [3.8, 4) is 0 Å². The molecule has 0 radical (unpaired) electrons. The predicted octanol–water partition coefficient (Wildman–Crippen LogP) is 0.961. The van der Waals surface area contributed by atoms with Gasteiger partial charge in [0, 0.05) is 12.8 Å². The number of fused-ring (bicyclic) bond motifs is 1. The summed E-state index contributed by atoms with van der Waals surface area (Å²) < 4.78 is 7.63. The van der Waals surface area contributed by atoms with Crippen LogP contribution in [0.3, 0.4) is 0 Å². The van der Waals surface area contributed by atoms with Crippen molar-refractivity contribution in [3.63, 3.8) is 0 Å². The molecule has 0 atom stereocenters. The van der Waals surface area contributed by atoms with E-state index in [9.17, 15) is 5.11 Å². The molecule has 2 aromatic rings. The van der Waals surface area contributed by atoms with Crippen LogP contribution in [0.1, 0.15) is 12.8 Å². The van der Waals surface area contributed by atoms with Gasteiger partial charge in [0.25, 0.3) is 4.84 Å². The van der Waals surface area contributed by atoms with Crippen LogP contribution in [0.2, 0.25) is 0 Å². The Morgan fingerprint density at radius 2 is 2.06 bits per heavy atom. The van der Waals surface area contributed by atoms with Crippen LogP contribution in [0.25, 0.3) is 11.1 Å². The Kier molecular flexibility index (Phi) is 3.20. The van der Waals surface area contributed by atoms with Crippen molar-refractivity contribution in [1.29, 1.82) is 0 Å². The molecular weight excluding hydrogens is 248 g/mol. The summed E-state index contributed by atoms with van der Waals surface area (Å²) in [5, 5.41) is 9.52. The number of para-hydroxylation sites is 2. The number of nitrogens with one attached hydrogen (secondary N) is 1. The van der Waals surface area contributed by atoms with Gasteiger partial charge in [-0.2, -0.15) is 0 Å². The standard InChI is InChI=1S/C13H16N2O2S/c16-10-5-7-14(8-6-10)9-15-11-3-1-2-4-12(11)17-13(15)18/h1-4,10,16H,5-9H2/p+1. The van der Waals surface area contributed by atoms with Crippen molar-refractivity contribution >= 4 is 23.3 Å². The van der Waals surface area contributed by atoms with Gasteiger partial charge in [-0.3, -0.25) is 4.57 Å². The van der Waals surface area contributed by atoms with Gasteiger partial charge in [-0.1, -0.05) is 12.1 Å². The summed E-state index contributed by atoms with van der Waals surface area (Å²) in [5.41, 5.74) is 1.90. The van der Waals surface area contributed by atoms with Gasteiger partial charge in [0.1, 0.15) is 0 Å². The summed E-state index contributed by atoms with van der Waals surface area (Å²) in [7, 11) is 0. The van der Waals surface area contributed by atoms with Crippen molar-refractivity contribution in [1.82, 2.24) is 4.57 Å². The Morgan fingerprint density at radius 1 is 1.33 bits per heavy atom. The van der Waals surface area contributed by atoms with E-state index in [0.29, 0.717) is 4.84 Å². The molecule has 0 bridgehead atoms. The van der Waals surface area contributed by atoms with Crippen LogP contribution in [0, 0.1) is 4.84 Å². The highest BCUT2D eigenvalue weighted by molar-refractivity contribution is 7.71. The topological polar surface area (TPSA) is 42.7 Å². The minimum atomic E-state index is -0.122. The third kappa shape index (κ3) is 2.21. The lowest BCUT2D eigenvalue weighted by Crippen LogP contribution is -3.12. The number of hydrogen-bond donors (Lipinski definition) is 2. The zero-order valence-electron chi connectivity index (χ0n) is 10.1. The third-order valence-corrected chi connectivity index (χ3v) is 3.92. The molecule has 0 amide bonds. The molecule has 1 aromatic carbocycles. The fourth-order valence-corrected chi connectivity index (χ4v) is 2.81. The molecule has 1 fully saturated rings. The molecule has 0 spiro atoms. The van der Waals surface area contributed by atoms with Gasteiger partial charge in [-0.25, -0.2) is 0 Å². The molecular formula is C13H17N2O2S+. The largest absolute Gasteiger partial charge is 0.429 e. The molecule has 1 aliphatic heterocycles. The SMILES string of the molecule is OC1CC[NH+](Cn2c(=S)oc3ccccc32)CC1. The van der Waals surface area contributed by atoms with E-state index >= 15 is 0 Å². The number of rotatable bonds is 2. The van der Waals surface area contributed by atoms with Crippen molar-refractivity contribution in [2.75, 3.05) is 13.1 Å². The smallest absolute Gasteiger partial charge is 0.274 e. The lowest BCUT2D eigenvalue weighted by molar-refractivity contribution is -0.928. The van der Waals surface area contributed by atoms with E-state index in [2.05, 4.69) is 4.57 Å². The first kappa shape index (κ1) is 11.9. The molecule has 18 heavy (non-hydrogen) atoms. The number of nitrogens with zero attached hydrogens (tertiary/aromatic N) is 1. The number of oxazole rings is 1. The van der Waals surface area contributed by atoms with Crippen molar-refractivity contribution in [2.24, 2.45) is 0 Å². The predicted molar refractivity (Wildman–Crippen MR) is 71.0 cm³/mol. The first-order chi connectivity index (χ1) is 8.74. The Labute approximate surface area is 110 Å². The maximum Gasteiger partial charge on any atom is 0.274 e. The monoisotopic (exact) mass is 265 g/mol. The lowest BCUT2D eigenvalue weighted by Gasteiger charge is -2.26. The van der Waals surface area contributed by atoms with E-state index in [1.807, 2.05) is 24.3 Å². The quantitative estimate of drug-likeness (QED) is 0.795. The summed E-state index contributed by atoms with van der Waals surface area (Å²) in [4.78, 5) is 1.98. The van der Waals surface area contributed by atoms with Gasteiger partial charge in [0.2, 0.25) is 0 Å². The zero-order chi connectivity index (χ0) is 12.5. The molecule has 2 heterocycles. The average molecular weight is 265 g/mol. The van der Waals surface area contributed by atoms with E-state index in [4.69, 9.17) is 16.6 Å². The Bertz CT molecular complexity index is 596. The molecule has 1 aromatic heterocycles. The van der Waals surface area contributed by atoms with Gasteiger partial charge in [-0.15, -0.1) is 0 Å². The molecule has 0 aliphatic carbocycles. The molecule has 5 heteroatoms. The molecule has 3 rings (SSSR count). The van der Waals surface area contributed by atoms with Crippen LogP contribution in [-0.4, -0.2) is 28.9 Å². The van der Waals surface area contributed by atoms with E-state index in [-0.39, 0.29) is 6.10 Å². The Balaban J connectivity index is 1.86. The zero-order valence-corrected chi connectivity index (χ0v) is 10.9. The third-order valence-electron chi connectivity index (χ3n) is 3.62. The minimum absolute atomic E-state index is 0.122. The summed E-state index contributed by atoms with van der Waals surface area (Å²) in [6, 6.07) is 7.93. The fraction of sp³-hybridized carbons (Fsp3) is 0.462. The lowest BCUT2D eigenvalue weighted by atomic mass is 10.1. The van der Waals surface area contributed by atoms with E-state index in [0.717, 1.165) is 43.7 Å². The van der Waals surface area contributed by atoms with Crippen molar-refractivity contribution in [2.45, 2.75) is 25.6 Å². The minimum Gasteiger partial charge on any atom is -0.429 e. The van der Waals surface area contributed by atoms with Gasteiger partial charge < -0.3 is 14.4 Å². The number of hydrogen-bond acceptors (Lipinski definition) is 3. The molecule has 96 valence electrons. The fourth-order valence-electron chi connectivity index (χ4n) is 2.56.